The van der Waals surface area contributed by atoms with Crippen LogP contribution in [-0.2, 0) is 11.3 Å². The predicted octanol–water partition coefficient (Wildman–Crippen LogP) is 3.40. The van der Waals surface area contributed by atoms with Gasteiger partial charge in [-0.2, -0.15) is 0 Å². The third-order valence-electron chi connectivity index (χ3n) is 4.44. The Kier molecular flexibility index (Phi) is 5.16. The maximum atomic E-state index is 13.1. The number of carbonyl (C=O) groups excluding carboxylic acids is 1. The van der Waals surface area contributed by atoms with Gasteiger partial charge >= 0.3 is 0 Å². The fraction of sp³-hybridized carbons (Fsp3) is 0.350. The summed E-state index contributed by atoms with van der Waals surface area (Å²) < 4.78 is 5.74. The molecule has 0 aromatic heterocycles. The van der Waals surface area contributed by atoms with Crippen molar-refractivity contribution in [3.63, 3.8) is 0 Å². The second-order valence-electron chi connectivity index (χ2n) is 6.38. The normalized spacial score (nSPS) is 17.0. The zero-order valence-electron chi connectivity index (χ0n) is 14.1. The minimum absolute atomic E-state index is 0.0131. The minimum atomic E-state index is 0.0131. The molecule has 0 aliphatic carbocycles. The van der Waals surface area contributed by atoms with Crippen molar-refractivity contribution in [1.29, 1.82) is 0 Å². The molecular formula is C20H24N2O2. The number of nitrogens with two attached hydrogens (primary N) is 1. The summed E-state index contributed by atoms with van der Waals surface area (Å²) in [6, 6.07) is 15.6. The van der Waals surface area contributed by atoms with E-state index < -0.39 is 0 Å². The molecule has 1 saturated heterocycles. The Balaban J connectivity index is 1.84. The van der Waals surface area contributed by atoms with Crippen molar-refractivity contribution in [2.75, 3.05) is 18.9 Å². The SMILES string of the molecule is Cc1ccc(N)cc1C(=O)N(Cc1ccccc1)CC1CCCO1. The van der Waals surface area contributed by atoms with Gasteiger partial charge in [-0.1, -0.05) is 36.4 Å². The van der Waals surface area contributed by atoms with E-state index in [0.717, 1.165) is 30.6 Å². The van der Waals surface area contributed by atoms with E-state index in [1.807, 2.05) is 54.3 Å². The molecule has 0 spiro atoms. The Morgan fingerprint density at radius 2 is 2.04 bits per heavy atom. The molecule has 1 heterocycles. The van der Waals surface area contributed by atoms with Crippen LogP contribution in [0.3, 0.4) is 0 Å². The molecule has 1 amide bonds. The lowest BCUT2D eigenvalue weighted by Gasteiger charge is -2.26. The summed E-state index contributed by atoms with van der Waals surface area (Å²) in [4.78, 5) is 15.0. The summed E-state index contributed by atoms with van der Waals surface area (Å²) >= 11 is 0. The number of hydrogen-bond donors (Lipinski definition) is 1. The first-order valence-electron chi connectivity index (χ1n) is 8.44. The molecule has 24 heavy (non-hydrogen) atoms. The van der Waals surface area contributed by atoms with E-state index in [1.54, 1.807) is 6.07 Å². The van der Waals surface area contributed by atoms with Crippen molar-refractivity contribution in [2.24, 2.45) is 0 Å². The largest absolute Gasteiger partial charge is 0.399 e. The number of aryl methyl sites for hydroxylation is 1. The molecule has 2 N–H and O–H groups in total. The van der Waals surface area contributed by atoms with Crippen molar-refractivity contribution in [3.8, 4) is 0 Å². The van der Waals surface area contributed by atoms with Crippen LogP contribution < -0.4 is 5.73 Å². The Bertz CT molecular complexity index is 694. The molecule has 2 aromatic rings. The van der Waals surface area contributed by atoms with Gasteiger partial charge in [0.25, 0.3) is 5.91 Å². The van der Waals surface area contributed by atoms with Gasteiger partial charge in [0.1, 0.15) is 0 Å². The summed E-state index contributed by atoms with van der Waals surface area (Å²) in [7, 11) is 0. The predicted molar refractivity (Wildman–Crippen MR) is 95.7 cm³/mol. The first-order valence-corrected chi connectivity index (χ1v) is 8.44. The highest BCUT2D eigenvalue weighted by molar-refractivity contribution is 5.96. The molecule has 4 heteroatoms. The van der Waals surface area contributed by atoms with Gasteiger partial charge in [0.05, 0.1) is 6.10 Å². The van der Waals surface area contributed by atoms with E-state index in [-0.39, 0.29) is 12.0 Å². The second kappa shape index (κ2) is 7.49. The summed E-state index contributed by atoms with van der Waals surface area (Å²) in [5, 5.41) is 0. The van der Waals surface area contributed by atoms with Crippen LogP contribution in [0.15, 0.2) is 48.5 Å². The van der Waals surface area contributed by atoms with Gasteiger partial charge in [0.2, 0.25) is 0 Å². The standard InChI is InChI=1S/C20H24N2O2/c1-15-9-10-17(21)12-19(15)20(23)22(14-18-8-5-11-24-18)13-16-6-3-2-4-7-16/h2-4,6-7,9-10,12,18H,5,8,11,13-14,21H2,1H3. The lowest BCUT2D eigenvalue weighted by Crippen LogP contribution is -2.37. The first kappa shape index (κ1) is 16.5. The first-order chi connectivity index (χ1) is 11.6. The van der Waals surface area contributed by atoms with Crippen molar-refractivity contribution in [3.05, 3.63) is 65.2 Å². The average molecular weight is 324 g/mol. The third kappa shape index (κ3) is 3.95. The molecule has 1 aliphatic rings. The van der Waals surface area contributed by atoms with Crippen molar-refractivity contribution in [1.82, 2.24) is 4.90 Å². The highest BCUT2D eigenvalue weighted by atomic mass is 16.5. The summed E-state index contributed by atoms with van der Waals surface area (Å²) in [5.41, 5.74) is 9.23. The highest BCUT2D eigenvalue weighted by Crippen LogP contribution is 2.20. The Labute approximate surface area is 143 Å². The lowest BCUT2D eigenvalue weighted by atomic mass is 10.1. The van der Waals surface area contributed by atoms with Crippen molar-refractivity contribution in [2.45, 2.75) is 32.4 Å². The number of carbonyl (C=O) groups is 1. The molecule has 0 bridgehead atoms. The maximum absolute atomic E-state index is 13.1. The Morgan fingerprint density at radius 1 is 1.25 bits per heavy atom. The van der Waals surface area contributed by atoms with Crippen LogP contribution in [-0.4, -0.2) is 30.1 Å². The van der Waals surface area contributed by atoms with E-state index >= 15 is 0 Å². The van der Waals surface area contributed by atoms with Gasteiger partial charge in [-0.15, -0.1) is 0 Å². The topological polar surface area (TPSA) is 55.6 Å². The number of nitrogen functional groups attached to an aromatic ring is 1. The van der Waals surface area contributed by atoms with Crippen LogP contribution >= 0.6 is 0 Å². The van der Waals surface area contributed by atoms with Gasteiger partial charge in [-0.3, -0.25) is 4.79 Å². The number of amides is 1. The zero-order valence-corrected chi connectivity index (χ0v) is 14.1. The lowest BCUT2D eigenvalue weighted by molar-refractivity contribution is 0.0507. The fourth-order valence-corrected chi connectivity index (χ4v) is 3.10. The van der Waals surface area contributed by atoms with Crippen LogP contribution in [0.4, 0.5) is 5.69 Å². The van der Waals surface area contributed by atoms with Crippen LogP contribution in [0.25, 0.3) is 0 Å². The number of rotatable bonds is 5. The van der Waals surface area contributed by atoms with Gasteiger partial charge in [-0.25, -0.2) is 0 Å². The second-order valence-corrected chi connectivity index (χ2v) is 6.38. The van der Waals surface area contributed by atoms with E-state index in [9.17, 15) is 4.79 Å². The van der Waals surface area contributed by atoms with Crippen molar-refractivity contribution >= 4 is 11.6 Å². The quantitative estimate of drug-likeness (QED) is 0.858. The van der Waals surface area contributed by atoms with Gasteiger partial charge in [0, 0.05) is 30.9 Å². The van der Waals surface area contributed by atoms with Crippen LogP contribution in [0.5, 0.6) is 0 Å². The van der Waals surface area contributed by atoms with Gasteiger partial charge < -0.3 is 15.4 Å². The molecule has 0 radical (unpaired) electrons. The van der Waals surface area contributed by atoms with E-state index in [1.165, 1.54) is 0 Å². The summed E-state index contributed by atoms with van der Waals surface area (Å²) in [6.45, 7) is 3.92. The highest BCUT2D eigenvalue weighted by Gasteiger charge is 2.24. The fourth-order valence-electron chi connectivity index (χ4n) is 3.10. The molecular weight excluding hydrogens is 300 g/mol. The molecule has 126 valence electrons. The molecule has 1 aliphatic heterocycles. The number of hydrogen-bond acceptors (Lipinski definition) is 3. The van der Waals surface area contributed by atoms with E-state index in [4.69, 9.17) is 10.5 Å². The van der Waals surface area contributed by atoms with E-state index in [0.29, 0.717) is 24.3 Å². The Hall–Kier alpha value is -2.33. The summed E-state index contributed by atoms with van der Waals surface area (Å²) in [5.74, 6) is 0.0131. The Morgan fingerprint density at radius 3 is 2.75 bits per heavy atom. The number of ether oxygens (including phenoxy) is 1. The number of anilines is 1. The summed E-state index contributed by atoms with van der Waals surface area (Å²) in [6.07, 6.45) is 2.20. The minimum Gasteiger partial charge on any atom is -0.399 e. The third-order valence-corrected chi connectivity index (χ3v) is 4.44. The van der Waals surface area contributed by atoms with Gasteiger partial charge in [-0.05, 0) is 43.0 Å². The van der Waals surface area contributed by atoms with Crippen molar-refractivity contribution < 1.29 is 9.53 Å². The molecule has 1 atom stereocenters. The monoisotopic (exact) mass is 324 g/mol. The van der Waals surface area contributed by atoms with Crippen LogP contribution in [0, 0.1) is 6.92 Å². The molecule has 4 nitrogen and oxygen atoms in total. The van der Waals surface area contributed by atoms with E-state index in [2.05, 4.69) is 0 Å². The molecule has 1 fully saturated rings. The molecule has 1 unspecified atom stereocenters. The smallest absolute Gasteiger partial charge is 0.254 e. The number of nitrogens with zero attached hydrogens (tertiary/aromatic N) is 1. The average Bonchev–Trinajstić information content (AvgIpc) is 3.10. The molecule has 3 rings (SSSR count). The number of benzene rings is 2. The van der Waals surface area contributed by atoms with Crippen LogP contribution in [0.1, 0.15) is 34.3 Å². The molecule has 2 aromatic carbocycles. The maximum Gasteiger partial charge on any atom is 0.254 e. The zero-order chi connectivity index (χ0) is 16.9. The molecule has 0 saturated carbocycles. The van der Waals surface area contributed by atoms with Gasteiger partial charge in [0.15, 0.2) is 0 Å². The van der Waals surface area contributed by atoms with Crippen LogP contribution in [0.2, 0.25) is 0 Å².